The lowest BCUT2D eigenvalue weighted by atomic mass is 10.3. The highest BCUT2D eigenvalue weighted by molar-refractivity contribution is 7.85. The third-order valence-electron chi connectivity index (χ3n) is 2.26. The SMILES string of the molecule is COC(=O)C(CS(=O)c1ccc(Cl)cc1)NC(C)=O. The number of ether oxygens (including phenoxy) is 1. The van der Waals surface area contributed by atoms with Crippen LogP contribution in [-0.2, 0) is 25.1 Å². The maximum atomic E-state index is 12.1. The Hall–Kier alpha value is -1.40. The standard InChI is InChI=1S/C12H14ClNO4S/c1-8(15)14-11(12(16)18-2)7-19(17)10-5-3-9(13)4-6-10/h3-6,11H,7H2,1-2H3,(H,14,15). The summed E-state index contributed by atoms with van der Waals surface area (Å²) in [5, 5.41) is 2.94. The van der Waals surface area contributed by atoms with Crippen molar-refractivity contribution in [3.63, 3.8) is 0 Å². The summed E-state index contributed by atoms with van der Waals surface area (Å²) in [6.07, 6.45) is 0. The molecule has 1 amide bonds. The first-order valence-corrected chi connectivity index (χ1v) is 7.12. The van der Waals surface area contributed by atoms with Crippen LogP contribution in [0.4, 0.5) is 0 Å². The van der Waals surface area contributed by atoms with Gasteiger partial charge < -0.3 is 10.1 Å². The van der Waals surface area contributed by atoms with Crippen LogP contribution >= 0.6 is 11.6 Å². The molecule has 0 saturated carbocycles. The average Bonchev–Trinajstić information content (AvgIpc) is 2.37. The monoisotopic (exact) mass is 303 g/mol. The number of hydrogen-bond donors (Lipinski definition) is 1. The number of rotatable bonds is 5. The van der Waals surface area contributed by atoms with E-state index in [1.807, 2.05) is 0 Å². The molecule has 2 atom stereocenters. The Morgan fingerprint density at radius 2 is 1.95 bits per heavy atom. The van der Waals surface area contributed by atoms with Gasteiger partial charge in [-0.15, -0.1) is 0 Å². The number of halogens is 1. The summed E-state index contributed by atoms with van der Waals surface area (Å²) in [5.41, 5.74) is 0. The lowest BCUT2D eigenvalue weighted by Crippen LogP contribution is -2.44. The highest BCUT2D eigenvalue weighted by atomic mass is 35.5. The number of nitrogens with one attached hydrogen (secondary N) is 1. The second kappa shape index (κ2) is 7.25. The van der Waals surface area contributed by atoms with Crippen LogP contribution in [0.3, 0.4) is 0 Å². The average molecular weight is 304 g/mol. The molecule has 0 saturated heterocycles. The third kappa shape index (κ3) is 5.00. The maximum Gasteiger partial charge on any atom is 0.329 e. The summed E-state index contributed by atoms with van der Waals surface area (Å²) in [5.74, 6) is -1.06. The van der Waals surface area contributed by atoms with E-state index in [1.54, 1.807) is 24.3 Å². The van der Waals surface area contributed by atoms with Crippen LogP contribution in [-0.4, -0.2) is 35.0 Å². The minimum atomic E-state index is -1.43. The van der Waals surface area contributed by atoms with E-state index >= 15 is 0 Å². The third-order valence-corrected chi connectivity index (χ3v) is 3.94. The fourth-order valence-corrected chi connectivity index (χ4v) is 2.67. The van der Waals surface area contributed by atoms with E-state index in [0.29, 0.717) is 9.92 Å². The summed E-state index contributed by atoms with van der Waals surface area (Å²) in [4.78, 5) is 23.0. The molecule has 1 aromatic carbocycles. The van der Waals surface area contributed by atoms with Gasteiger partial charge in [0.05, 0.1) is 23.7 Å². The fraction of sp³-hybridized carbons (Fsp3) is 0.333. The van der Waals surface area contributed by atoms with Crippen molar-refractivity contribution in [3.05, 3.63) is 29.3 Å². The number of benzene rings is 1. The first kappa shape index (κ1) is 15.7. The molecule has 104 valence electrons. The largest absolute Gasteiger partial charge is 0.467 e. The van der Waals surface area contributed by atoms with Crippen molar-refractivity contribution in [1.82, 2.24) is 5.32 Å². The van der Waals surface area contributed by atoms with Gasteiger partial charge in [-0.05, 0) is 24.3 Å². The zero-order chi connectivity index (χ0) is 14.4. The zero-order valence-corrected chi connectivity index (χ0v) is 12.1. The molecule has 2 unspecified atom stereocenters. The topological polar surface area (TPSA) is 72.5 Å². The van der Waals surface area contributed by atoms with Gasteiger partial charge in [0.25, 0.3) is 0 Å². The van der Waals surface area contributed by atoms with Gasteiger partial charge in [-0.2, -0.15) is 0 Å². The molecule has 0 aliphatic heterocycles. The van der Waals surface area contributed by atoms with E-state index in [4.69, 9.17) is 11.6 Å². The zero-order valence-electron chi connectivity index (χ0n) is 10.5. The number of esters is 1. The lowest BCUT2D eigenvalue weighted by Gasteiger charge is -2.14. The molecule has 0 heterocycles. The fourth-order valence-electron chi connectivity index (χ4n) is 1.39. The Bertz CT molecular complexity index is 489. The van der Waals surface area contributed by atoms with Gasteiger partial charge in [0.1, 0.15) is 6.04 Å². The van der Waals surface area contributed by atoms with Crippen molar-refractivity contribution in [2.24, 2.45) is 0 Å². The quantitative estimate of drug-likeness (QED) is 0.828. The van der Waals surface area contributed by atoms with Crippen molar-refractivity contribution in [1.29, 1.82) is 0 Å². The van der Waals surface area contributed by atoms with Gasteiger partial charge in [-0.25, -0.2) is 4.79 Å². The molecule has 1 aromatic rings. The normalized spacial score (nSPS) is 13.4. The molecule has 0 radical (unpaired) electrons. The van der Waals surface area contributed by atoms with Crippen LogP contribution in [0.25, 0.3) is 0 Å². The minimum Gasteiger partial charge on any atom is -0.467 e. The number of hydrogen-bond acceptors (Lipinski definition) is 4. The van der Waals surface area contributed by atoms with Crippen LogP contribution in [0.1, 0.15) is 6.92 Å². The Morgan fingerprint density at radius 3 is 2.42 bits per heavy atom. The van der Waals surface area contributed by atoms with Gasteiger partial charge in [0.2, 0.25) is 5.91 Å². The molecule has 0 fully saturated rings. The molecule has 0 spiro atoms. The maximum absolute atomic E-state index is 12.1. The van der Waals surface area contributed by atoms with Crippen molar-refractivity contribution >= 4 is 34.3 Å². The summed E-state index contributed by atoms with van der Waals surface area (Å²) in [6, 6.07) is 5.51. The van der Waals surface area contributed by atoms with Crippen molar-refractivity contribution in [3.8, 4) is 0 Å². The van der Waals surface area contributed by atoms with Crippen molar-refractivity contribution in [2.45, 2.75) is 17.9 Å². The summed E-state index contributed by atoms with van der Waals surface area (Å²) >= 11 is 5.73. The summed E-state index contributed by atoms with van der Waals surface area (Å²) in [7, 11) is -0.224. The number of methoxy groups -OCH3 is 1. The van der Waals surface area contributed by atoms with Crippen LogP contribution in [0, 0.1) is 0 Å². The Balaban J connectivity index is 2.78. The first-order valence-electron chi connectivity index (χ1n) is 5.43. The van der Waals surface area contributed by atoms with Crippen LogP contribution in [0.2, 0.25) is 5.02 Å². The van der Waals surface area contributed by atoms with Crippen LogP contribution in [0.15, 0.2) is 29.2 Å². The highest BCUT2D eigenvalue weighted by Crippen LogP contribution is 2.13. The van der Waals surface area contributed by atoms with Crippen LogP contribution < -0.4 is 5.32 Å². The molecule has 19 heavy (non-hydrogen) atoms. The number of carbonyl (C=O) groups excluding carboxylic acids is 2. The van der Waals surface area contributed by atoms with E-state index in [2.05, 4.69) is 10.1 Å². The van der Waals surface area contributed by atoms with Crippen LogP contribution in [0.5, 0.6) is 0 Å². The van der Waals surface area contributed by atoms with Gasteiger partial charge in [-0.1, -0.05) is 11.6 Å². The first-order chi connectivity index (χ1) is 8.93. The predicted molar refractivity (Wildman–Crippen MR) is 72.3 cm³/mol. The van der Waals surface area contributed by atoms with Gasteiger partial charge in [0, 0.05) is 16.8 Å². The molecule has 0 aliphatic carbocycles. The molecule has 0 aliphatic rings. The second-order valence-corrected chi connectivity index (χ2v) is 5.67. The van der Waals surface area contributed by atoms with Gasteiger partial charge >= 0.3 is 5.97 Å². The Labute approximate surface area is 118 Å². The summed E-state index contributed by atoms with van der Waals surface area (Å²) in [6.45, 7) is 1.28. The highest BCUT2D eigenvalue weighted by Gasteiger charge is 2.23. The molecular weight excluding hydrogens is 290 g/mol. The molecule has 0 bridgehead atoms. The van der Waals surface area contributed by atoms with E-state index in [0.717, 1.165) is 0 Å². The molecule has 7 heteroatoms. The van der Waals surface area contributed by atoms with Crippen molar-refractivity contribution < 1.29 is 18.5 Å². The lowest BCUT2D eigenvalue weighted by molar-refractivity contribution is -0.144. The Morgan fingerprint density at radius 1 is 1.37 bits per heavy atom. The van der Waals surface area contributed by atoms with E-state index in [9.17, 15) is 13.8 Å². The van der Waals surface area contributed by atoms with E-state index in [-0.39, 0.29) is 11.7 Å². The minimum absolute atomic E-state index is 0.0477. The Kier molecular flexibility index (Phi) is 5.98. The molecule has 1 N–H and O–H groups in total. The summed E-state index contributed by atoms with van der Waals surface area (Å²) < 4.78 is 16.6. The van der Waals surface area contributed by atoms with Gasteiger partial charge in [0.15, 0.2) is 0 Å². The number of amides is 1. The molecule has 1 rings (SSSR count). The molecule has 0 aromatic heterocycles. The predicted octanol–water partition coefficient (Wildman–Crippen LogP) is 1.13. The van der Waals surface area contributed by atoms with E-state index < -0.39 is 22.8 Å². The molecular formula is C12H14ClNO4S. The van der Waals surface area contributed by atoms with Crippen molar-refractivity contribution in [2.75, 3.05) is 12.9 Å². The second-order valence-electron chi connectivity index (χ2n) is 3.74. The van der Waals surface area contributed by atoms with Gasteiger partial charge in [-0.3, -0.25) is 9.00 Å². The van der Waals surface area contributed by atoms with E-state index in [1.165, 1.54) is 14.0 Å². The smallest absolute Gasteiger partial charge is 0.329 e. The molecule has 5 nitrogen and oxygen atoms in total. The number of carbonyl (C=O) groups is 2.